The Morgan fingerprint density at radius 3 is 2.50 bits per heavy atom. The predicted octanol–water partition coefficient (Wildman–Crippen LogP) is 6.31. The van der Waals surface area contributed by atoms with E-state index in [1.165, 1.54) is 32.6 Å². The van der Waals surface area contributed by atoms with Crippen LogP contribution in [0.25, 0.3) is 6.08 Å². The Balaban J connectivity index is 2.10. The number of Topliss-reactive ketones (excluding diaryl/α,β-unsaturated/α-hetero) is 1. The quantitative estimate of drug-likeness (QED) is 0.462. The minimum Gasteiger partial charge on any atom is -0.285 e. The number of carbonyl (C=O) groups is 1. The van der Waals surface area contributed by atoms with E-state index in [2.05, 4.69) is 37.8 Å². The summed E-state index contributed by atoms with van der Waals surface area (Å²) in [5.74, 6) is 5.80. The van der Waals surface area contributed by atoms with Crippen molar-refractivity contribution in [2.24, 2.45) is 10.8 Å². The van der Waals surface area contributed by atoms with Crippen LogP contribution >= 0.6 is 11.6 Å². The maximum Gasteiger partial charge on any atom is 0.202 e. The highest BCUT2D eigenvalue weighted by molar-refractivity contribution is 6.32. The van der Waals surface area contributed by atoms with Gasteiger partial charge in [0.05, 0.1) is 0 Å². The first kappa shape index (κ1) is 18.8. The molecule has 1 saturated carbocycles. The minimum atomic E-state index is -0.0482. The zero-order valence-corrected chi connectivity index (χ0v) is 15.7. The van der Waals surface area contributed by atoms with E-state index >= 15 is 0 Å². The Kier molecular flexibility index (Phi) is 6.30. The summed E-state index contributed by atoms with van der Waals surface area (Å²) in [6.45, 7) is 6.22. The number of carbonyl (C=O) groups excluding carboxylic acids is 1. The number of hydrogen-bond acceptors (Lipinski definition) is 1. The molecule has 0 aliphatic heterocycles. The first-order valence-corrected chi connectivity index (χ1v) is 9.10. The van der Waals surface area contributed by atoms with E-state index in [0.717, 1.165) is 23.4 Å². The number of halogens is 1. The lowest BCUT2D eigenvalue weighted by molar-refractivity contribution is -0.111. The second kappa shape index (κ2) is 8.04. The van der Waals surface area contributed by atoms with Crippen LogP contribution in [0.3, 0.4) is 0 Å². The standard InChI is InChI=1S/C22H27ClO/c1-18(24)8-6-12-22(16-14-21(2,3)15-17-22)13-7-10-19-9-4-5-11-20(19)23/h4-5,7,9-11H,12-17H2,1-3H3/b10-7+. The van der Waals surface area contributed by atoms with E-state index < -0.39 is 0 Å². The number of benzene rings is 1. The largest absolute Gasteiger partial charge is 0.285 e. The lowest BCUT2D eigenvalue weighted by atomic mass is 9.62. The average molecular weight is 343 g/mol. The molecule has 1 aliphatic rings. The van der Waals surface area contributed by atoms with Crippen LogP contribution in [0.15, 0.2) is 30.3 Å². The molecule has 0 heterocycles. The molecular weight excluding hydrogens is 316 g/mol. The van der Waals surface area contributed by atoms with E-state index in [-0.39, 0.29) is 11.2 Å². The average Bonchev–Trinajstić information content (AvgIpc) is 2.52. The van der Waals surface area contributed by atoms with Crippen LogP contribution in [0.2, 0.25) is 5.02 Å². The van der Waals surface area contributed by atoms with E-state index in [4.69, 9.17) is 11.6 Å². The van der Waals surface area contributed by atoms with Gasteiger partial charge >= 0.3 is 0 Å². The van der Waals surface area contributed by atoms with E-state index in [1.54, 1.807) is 0 Å². The lowest BCUT2D eigenvalue weighted by Crippen LogP contribution is -2.30. The molecule has 1 nitrogen and oxygen atoms in total. The third kappa shape index (κ3) is 5.53. The van der Waals surface area contributed by atoms with Crippen molar-refractivity contribution in [3.8, 4) is 11.8 Å². The second-order valence-electron chi connectivity index (χ2n) is 7.83. The van der Waals surface area contributed by atoms with Crippen molar-refractivity contribution in [2.45, 2.75) is 59.3 Å². The van der Waals surface area contributed by atoms with Gasteiger partial charge in [0.1, 0.15) is 0 Å². The molecule has 0 saturated heterocycles. The number of allylic oxidation sites excluding steroid dienone is 1. The van der Waals surface area contributed by atoms with Gasteiger partial charge in [-0.05, 0) is 60.5 Å². The van der Waals surface area contributed by atoms with Crippen LogP contribution in [-0.2, 0) is 4.79 Å². The Morgan fingerprint density at radius 1 is 1.21 bits per heavy atom. The molecule has 1 aromatic rings. The fourth-order valence-corrected chi connectivity index (χ4v) is 3.51. The van der Waals surface area contributed by atoms with Gasteiger partial charge in [-0.1, -0.05) is 61.7 Å². The van der Waals surface area contributed by atoms with Crippen LogP contribution < -0.4 is 0 Å². The normalized spacial score (nSPS) is 18.8. The van der Waals surface area contributed by atoms with E-state index in [0.29, 0.717) is 5.41 Å². The topological polar surface area (TPSA) is 17.1 Å². The van der Waals surface area contributed by atoms with Crippen molar-refractivity contribution in [1.82, 2.24) is 0 Å². The van der Waals surface area contributed by atoms with Crippen molar-refractivity contribution in [1.29, 1.82) is 0 Å². The minimum absolute atomic E-state index is 0.0482. The molecule has 0 bridgehead atoms. The highest BCUT2D eigenvalue weighted by atomic mass is 35.5. The summed E-state index contributed by atoms with van der Waals surface area (Å²) in [7, 11) is 0. The summed E-state index contributed by atoms with van der Waals surface area (Å²) in [6, 6.07) is 7.90. The van der Waals surface area contributed by atoms with Gasteiger partial charge in [-0.3, -0.25) is 4.79 Å². The molecule has 1 aliphatic carbocycles. The zero-order chi connectivity index (χ0) is 17.6. The molecule has 0 N–H and O–H groups in total. The van der Waals surface area contributed by atoms with E-state index in [1.807, 2.05) is 24.3 Å². The van der Waals surface area contributed by atoms with Crippen molar-refractivity contribution in [2.75, 3.05) is 0 Å². The van der Waals surface area contributed by atoms with Gasteiger partial charge in [0.25, 0.3) is 0 Å². The number of rotatable bonds is 4. The first-order chi connectivity index (χ1) is 11.3. The summed E-state index contributed by atoms with van der Waals surface area (Å²) in [6.07, 6.45) is 10.9. The third-order valence-electron chi connectivity index (χ3n) is 5.15. The summed E-state index contributed by atoms with van der Waals surface area (Å²) in [4.78, 5) is 11.1. The van der Waals surface area contributed by atoms with Crippen molar-refractivity contribution < 1.29 is 4.79 Å². The molecule has 128 valence electrons. The molecule has 0 spiro atoms. The summed E-state index contributed by atoms with van der Waals surface area (Å²) in [5, 5.41) is 0.781. The SMILES string of the molecule is CC(=O)C#CCC1(C/C=C/c2ccccc2Cl)CCC(C)(C)CC1. The highest BCUT2D eigenvalue weighted by Gasteiger charge is 2.36. The molecule has 0 unspecified atom stereocenters. The molecular formula is C22H27ClO. The summed E-state index contributed by atoms with van der Waals surface area (Å²) >= 11 is 6.23. The van der Waals surface area contributed by atoms with Crippen molar-refractivity contribution in [3.05, 3.63) is 40.9 Å². The second-order valence-corrected chi connectivity index (χ2v) is 8.23. The molecule has 0 amide bonds. The van der Waals surface area contributed by atoms with Gasteiger partial charge in [-0.2, -0.15) is 0 Å². The third-order valence-corrected chi connectivity index (χ3v) is 5.49. The van der Waals surface area contributed by atoms with Crippen LogP contribution in [0.5, 0.6) is 0 Å². The number of ketones is 1. The number of hydrogen-bond donors (Lipinski definition) is 0. The fraction of sp³-hybridized carbons (Fsp3) is 0.500. The zero-order valence-electron chi connectivity index (χ0n) is 15.0. The van der Waals surface area contributed by atoms with Crippen molar-refractivity contribution in [3.63, 3.8) is 0 Å². The van der Waals surface area contributed by atoms with Gasteiger partial charge in [-0.15, -0.1) is 0 Å². The first-order valence-electron chi connectivity index (χ1n) is 8.73. The van der Waals surface area contributed by atoms with Gasteiger partial charge in [-0.25, -0.2) is 0 Å². The van der Waals surface area contributed by atoms with E-state index in [9.17, 15) is 4.79 Å². The van der Waals surface area contributed by atoms with Crippen molar-refractivity contribution >= 4 is 23.5 Å². The van der Waals surface area contributed by atoms with Crippen LogP contribution in [0.1, 0.15) is 64.9 Å². The maximum atomic E-state index is 11.1. The van der Waals surface area contributed by atoms with Crippen LogP contribution in [0.4, 0.5) is 0 Å². The molecule has 0 aromatic heterocycles. The van der Waals surface area contributed by atoms with Gasteiger partial charge in [0, 0.05) is 18.4 Å². The molecule has 0 radical (unpaired) electrons. The molecule has 2 heteroatoms. The van der Waals surface area contributed by atoms with Gasteiger partial charge in [0.2, 0.25) is 5.78 Å². The Hall–Kier alpha value is -1.52. The predicted molar refractivity (Wildman–Crippen MR) is 103 cm³/mol. The highest BCUT2D eigenvalue weighted by Crippen LogP contribution is 2.49. The molecule has 0 atom stereocenters. The Labute approximate surface area is 151 Å². The molecule has 24 heavy (non-hydrogen) atoms. The summed E-state index contributed by atoms with van der Waals surface area (Å²) in [5.41, 5.74) is 1.67. The van der Waals surface area contributed by atoms with Crippen LogP contribution in [0, 0.1) is 22.7 Å². The summed E-state index contributed by atoms with van der Waals surface area (Å²) < 4.78 is 0. The monoisotopic (exact) mass is 342 g/mol. The van der Waals surface area contributed by atoms with Gasteiger partial charge in [0.15, 0.2) is 0 Å². The Morgan fingerprint density at radius 2 is 1.88 bits per heavy atom. The van der Waals surface area contributed by atoms with Crippen LogP contribution in [-0.4, -0.2) is 5.78 Å². The maximum absolute atomic E-state index is 11.1. The Bertz CT molecular complexity index is 663. The lowest BCUT2D eigenvalue weighted by Gasteiger charge is -2.42. The molecule has 1 fully saturated rings. The van der Waals surface area contributed by atoms with Gasteiger partial charge < -0.3 is 0 Å². The molecule has 1 aromatic carbocycles. The molecule has 2 rings (SSSR count). The fourth-order valence-electron chi connectivity index (χ4n) is 3.31. The smallest absolute Gasteiger partial charge is 0.202 e.